The normalized spacial score (nSPS) is 26.3. The molecule has 3 rings (SSSR count). The molecule has 1 aliphatic carbocycles. The lowest BCUT2D eigenvalue weighted by molar-refractivity contribution is -0.129. The number of fused-ring (bicyclic) bond motifs is 1. The van der Waals surface area contributed by atoms with Crippen molar-refractivity contribution in [2.75, 3.05) is 4.90 Å². The number of nitrogens with zero attached hydrogens (tertiary/aromatic N) is 1. The van der Waals surface area contributed by atoms with Crippen LogP contribution in [0, 0.1) is 11.8 Å². The number of nitrogens with one attached hydrogen (secondary N) is 1. The van der Waals surface area contributed by atoms with Crippen LogP contribution < -0.4 is 10.2 Å². The van der Waals surface area contributed by atoms with Gasteiger partial charge in [0.25, 0.3) is 0 Å². The highest BCUT2D eigenvalue weighted by atomic mass is 16.2. The highest BCUT2D eigenvalue weighted by molar-refractivity contribution is 5.97. The number of carbonyl (C=O) groups is 2. The van der Waals surface area contributed by atoms with Crippen LogP contribution in [0.5, 0.6) is 0 Å². The van der Waals surface area contributed by atoms with Crippen molar-refractivity contribution in [1.29, 1.82) is 0 Å². The molecule has 1 aromatic carbocycles. The maximum atomic E-state index is 13.1. The van der Waals surface area contributed by atoms with Crippen molar-refractivity contribution >= 4 is 17.5 Å². The summed E-state index contributed by atoms with van der Waals surface area (Å²) in [6, 6.07) is 8.63. The van der Waals surface area contributed by atoms with Crippen molar-refractivity contribution in [3.05, 3.63) is 29.8 Å². The van der Waals surface area contributed by atoms with E-state index in [9.17, 15) is 9.59 Å². The van der Waals surface area contributed by atoms with Gasteiger partial charge in [-0.25, -0.2) is 0 Å². The Kier molecular flexibility index (Phi) is 4.93. The Hall–Kier alpha value is -1.84. The zero-order chi connectivity index (χ0) is 17.3. The summed E-state index contributed by atoms with van der Waals surface area (Å²) < 4.78 is 0. The van der Waals surface area contributed by atoms with Crippen LogP contribution in [0.3, 0.4) is 0 Å². The molecule has 0 saturated heterocycles. The predicted octanol–water partition coefficient (Wildman–Crippen LogP) is 3.30. The molecule has 0 spiro atoms. The minimum Gasteiger partial charge on any atom is -0.354 e. The summed E-state index contributed by atoms with van der Waals surface area (Å²) >= 11 is 0. The molecule has 1 N–H and O–H groups in total. The zero-order valence-corrected chi connectivity index (χ0v) is 14.9. The SMILES string of the molecule is CC(C)NC(=O)C1CCC(C(=O)N2c3ccccc3CC2C)CC1. The summed E-state index contributed by atoms with van der Waals surface area (Å²) in [5, 5.41) is 3.00. The number of benzene rings is 1. The van der Waals surface area contributed by atoms with Gasteiger partial charge < -0.3 is 10.2 Å². The average Bonchev–Trinajstić information content (AvgIpc) is 2.89. The minimum atomic E-state index is 0.0571. The molecule has 4 heteroatoms. The van der Waals surface area contributed by atoms with Gasteiger partial charge in [0.2, 0.25) is 11.8 Å². The first-order valence-electron chi connectivity index (χ1n) is 9.18. The van der Waals surface area contributed by atoms with Gasteiger partial charge in [0.05, 0.1) is 0 Å². The van der Waals surface area contributed by atoms with E-state index in [1.54, 1.807) is 0 Å². The second kappa shape index (κ2) is 6.96. The van der Waals surface area contributed by atoms with Gasteiger partial charge in [-0.1, -0.05) is 18.2 Å². The summed E-state index contributed by atoms with van der Waals surface area (Å²) in [5.41, 5.74) is 2.35. The van der Waals surface area contributed by atoms with Gasteiger partial charge >= 0.3 is 0 Å². The molecule has 0 bridgehead atoms. The van der Waals surface area contributed by atoms with Crippen molar-refractivity contribution in [1.82, 2.24) is 5.32 Å². The number of hydrogen-bond donors (Lipinski definition) is 1. The summed E-state index contributed by atoms with van der Waals surface area (Å²) in [5.74, 6) is 0.521. The predicted molar refractivity (Wildman–Crippen MR) is 95.8 cm³/mol. The maximum absolute atomic E-state index is 13.1. The van der Waals surface area contributed by atoms with E-state index in [0.29, 0.717) is 0 Å². The number of hydrogen-bond acceptors (Lipinski definition) is 2. The highest BCUT2D eigenvalue weighted by Crippen LogP contribution is 2.36. The van der Waals surface area contributed by atoms with Crippen LogP contribution in [0.25, 0.3) is 0 Å². The molecule has 2 aliphatic rings. The van der Waals surface area contributed by atoms with Gasteiger partial charge in [0.15, 0.2) is 0 Å². The molecule has 1 saturated carbocycles. The molecule has 0 aromatic heterocycles. The van der Waals surface area contributed by atoms with Crippen molar-refractivity contribution in [2.45, 2.75) is 65.0 Å². The first-order valence-corrected chi connectivity index (χ1v) is 9.18. The Morgan fingerprint density at radius 2 is 1.71 bits per heavy atom. The maximum Gasteiger partial charge on any atom is 0.230 e. The minimum absolute atomic E-state index is 0.0571. The van der Waals surface area contributed by atoms with E-state index in [1.165, 1.54) is 5.56 Å². The molecular weight excluding hydrogens is 300 g/mol. The third kappa shape index (κ3) is 3.33. The Balaban J connectivity index is 1.63. The summed E-state index contributed by atoms with van der Waals surface area (Å²) in [6.45, 7) is 6.10. The molecule has 1 aliphatic heterocycles. The Labute approximate surface area is 144 Å². The van der Waals surface area contributed by atoms with E-state index in [1.807, 2.05) is 30.9 Å². The van der Waals surface area contributed by atoms with Crippen LogP contribution in [-0.2, 0) is 16.0 Å². The first kappa shape index (κ1) is 17.0. The molecule has 1 fully saturated rings. The van der Waals surface area contributed by atoms with Crippen LogP contribution >= 0.6 is 0 Å². The quantitative estimate of drug-likeness (QED) is 0.925. The van der Waals surface area contributed by atoms with Gasteiger partial charge in [-0.2, -0.15) is 0 Å². The molecule has 24 heavy (non-hydrogen) atoms. The molecule has 4 nitrogen and oxygen atoms in total. The monoisotopic (exact) mass is 328 g/mol. The summed E-state index contributed by atoms with van der Waals surface area (Å²) in [7, 11) is 0. The van der Waals surface area contributed by atoms with E-state index in [2.05, 4.69) is 24.4 Å². The second-order valence-corrected chi connectivity index (χ2v) is 7.60. The average molecular weight is 328 g/mol. The highest BCUT2D eigenvalue weighted by Gasteiger charge is 2.37. The van der Waals surface area contributed by atoms with Crippen molar-refractivity contribution in [3.63, 3.8) is 0 Å². The van der Waals surface area contributed by atoms with Crippen molar-refractivity contribution < 1.29 is 9.59 Å². The second-order valence-electron chi connectivity index (χ2n) is 7.60. The topological polar surface area (TPSA) is 49.4 Å². The van der Waals surface area contributed by atoms with Gasteiger partial charge in [-0.15, -0.1) is 0 Å². The van der Waals surface area contributed by atoms with Gasteiger partial charge in [-0.3, -0.25) is 9.59 Å². The molecule has 1 atom stereocenters. The lowest BCUT2D eigenvalue weighted by atomic mass is 9.80. The summed E-state index contributed by atoms with van der Waals surface area (Å²) in [6.07, 6.45) is 4.21. The van der Waals surface area contributed by atoms with Crippen LogP contribution in [-0.4, -0.2) is 23.9 Å². The fourth-order valence-corrected chi connectivity index (χ4v) is 4.10. The number of amides is 2. The standard InChI is InChI=1S/C20H28N2O2/c1-13(2)21-19(23)15-8-10-16(11-9-15)20(24)22-14(3)12-17-6-4-5-7-18(17)22/h4-7,13-16H,8-12H2,1-3H3,(H,21,23). The Morgan fingerprint density at radius 1 is 1.08 bits per heavy atom. The number of carbonyl (C=O) groups excluding carboxylic acids is 2. The van der Waals surface area contributed by atoms with Crippen molar-refractivity contribution in [3.8, 4) is 0 Å². The van der Waals surface area contributed by atoms with Gasteiger partial charge in [0, 0.05) is 29.6 Å². The van der Waals surface area contributed by atoms with Crippen LogP contribution in [0.4, 0.5) is 5.69 Å². The smallest absolute Gasteiger partial charge is 0.230 e. The number of anilines is 1. The van der Waals surface area contributed by atoms with E-state index >= 15 is 0 Å². The lowest BCUT2D eigenvalue weighted by Crippen LogP contribution is -2.43. The Morgan fingerprint density at radius 3 is 2.38 bits per heavy atom. The van der Waals surface area contributed by atoms with E-state index < -0.39 is 0 Å². The Bertz CT molecular complexity index is 618. The fraction of sp³-hybridized carbons (Fsp3) is 0.600. The zero-order valence-electron chi connectivity index (χ0n) is 14.9. The molecule has 130 valence electrons. The molecule has 1 heterocycles. The molecule has 2 amide bonds. The fourth-order valence-electron chi connectivity index (χ4n) is 4.10. The van der Waals surface area contributed by atoms with Crippen LogP contribution in [0.15, 0.2) is 24.3 Å². The third-order valence-corrected chi connectivity index (χ3v) is 5.32. The first-order chi connectivity index (χ1) is 11.5. The largest absolute Gasteiger partial charge is 0.354 e. The molecule has 1 unspecified atom stereocenters. The van der Waals surface area contributed by atoms with Crippen molar-refractivity contribution in [2.24, 2.45) is 11.8 Å². The lowest BCUT2D eigenvalue weighted by Gasteiger charge is -2.32. The molecule has 1 aromatic rings. The van der Waals surface area contributed by atoms with E-state index in [0.717, 1.165) is 37.8 Å². The van der Waals surface area contributed by atoms with Crippen LogP contribution in [0.2, 0.25) is 0 Å². The molecule has 0 radical (unpaired) electrons. The van der Waals surface area contributed by atoms with E-state index in [4.69, 9.17) is 0 Å². The van der Waals surface area contributed by atoms with Gasteiger partial charge in [-0.05, 0) is 64.5 Å². The van der Waals surface area contributed by atoms with Gasteiger partial charge in [0.1, 0.15) is 0 Å². The number of para-hydroxylation sites is 1. The third-order valence-electron chi connectivity index (χ3n) is 5.32. The summed E-state index contributed by atoms with van der Waals surface area (Å²) in [4.78, 5) is 27.2. The number of rotatable bonds is 3. The van der Waals surface area contributed by atoms with E-state index in [-0.39, 0.29) is 35.7 Å². The molecular formula is C20H28N2O2. The van der Waals surface area contributed by atoms with Crippen LogP contribution in [0.1, 0.15) is 52.0 Å².